The molecule has 1 aromatic rings. The predicted molar refractivity (Wildman–Crippen MR) is 126 cm³/mol. The van der Waals surface area contributed by atoms with Gasteiger partial charge in [0.25, 0.3) is 0 Å². The van der Waals surface area contributed by atoms with Gasteiger partial charge in [-0.2, -0.15) is 13.2 Å². The fourth-order valence-corrected chi connectivity index (χ4v) is 2.84. The van der Waals surface area contributed by atoms with E-state index in [1.807, 2.05) is 0 Å². The number of nitrogens with zero attached hydrogens (tertiary/aromatic N) is 1. The quantitative estimate of drug-likeness (QED) is 0.197. The van der Waals surface area contributed by atoms with E-state index in [2.05, 4.69) is 30.0 Å². The topological polar surface area (TPSA) is 33.1 Å². The lowest BCUT2D eigenvalue weighted by molar-refractivity contribution is -0.125. The zero-order chi connectivity index (χ0) is 27.5. The third-order valence-electron chi connectivity index (χ3n) is 4.62. The molecule has 0 saturated carbocycles. The Morgan fingerprint density at radius 2 is 1.86 bits per heavy atom. The second kappa shape index (κ2) is 13.6. The van der Waals surface area contributed by atoms with E-state index >= 15 is 0 Å². The van der Waals surface area contributed by atoms with Crippen molar-refractivity contribution in [2.24, 2.45) is 0 Å². The monoisotopic (exact) mass is 513 g/mol. The minimum absolute atomic E-state index is 0.125. The van der Waals surface area contributed by atoms with Crippen molar-refractivity contribution in [3.05, 3.63) is 102 Å². The van der Waals surface area contributed by atoms with E-state index in [1.165, 1.54) is 26.0 Å². The van der Waals surface area contributed by atoms with Crippen LogP contribution in [0.2, 0.25) is 0 Å². The van der Waals surface area contributed by atoms with Gasteiger partial charge in [0.05, 0.1) is 23.3 Å². The molecule has 0 aliphatic carbocycles. The Balaban J connectivity index is 3.10. The minimum atomic E-state index is -4.58. The summed E-state index contributed by atoms with van der Waals surface area (Å²) in [5, 5.41) is 10.7. The molecule has 0 amide bonds. The van der Waals surface area contributed by atoms with Crippen LogP contribution in [0.5, 0.6) is 0 Å². The van der Waals surface area contributed by atoms with Crippen molar-refractivity contribution >= 4 is 0 Å². The van der Waals surface area contributed by atoms with Gasteiger partial charge >= 0.3 is 6.18 Å². The molecule has 36 heavy (non-hydrogen) atoms. The van der Waals surface area contributed by atoms with Crippen molar-refractivity contribution in [1.82, 2.24) is 4.98 Å². The van der Waals surface area contributed by atoms with Crippen LogP contribution in [0.4, 0.5) is 30.7 Å². The highest BCUT2D eigenvalue weighted by Gasteiger charge is 2.32. The first-order valence-electron chi connectivity index (χ1n) is 10.6. The number of halogens is 7. The zero-order valence-corrected chi connectivity index (χ0v) is 19.7. The number of pyridine rings is 1. The van der Waals surface area contributed by atoms with E-state index in [0.717, 1.165) is 36.6 Å². The van der Waals surface area contributed by atoms with Crippen molar-refractivity contribution in [3.63, 3.8) is 0 Å². The van der Waals surface area contributed by atoms with Gasteiger partial charge in [0.1, 0.15) is 24.0 Å². The molecule has 0 fully saturated rings. The highest BCUT2D eigenvalue weighted by Crippen LogP contribution is 2.34. The predicted octanol–water partition coefficient (Wildman–Crippen LogP) is 7.83. The first kappa shape index (κ1) is 30.7. The maximum Gasteiger partial charge on any atom is 0.392 e. The normalized spacial score (nSPS) is 16.9. The van der Waals surface area contributed by atoms with Crippen LogP contribution in [0.25, 0.3) is 0 Å². The van der Waals surface area contributed by atoms with E-state index in [0.29, 0.717) is 6.08 Å². The van der Waals surface area contributed by atoms with Gasteiger partial charge in [-0.25, -0.2) is 17.6 Å². The summed E-state index contributed by atoms with van der Waals surface area (Å²) >= 11 is 0. The smallest absolute Gasteiger partial charge is 0.385 e. The summed E-state index contributed by atoms with van der Waals surface area (Å²) in [6.07, 6.45) is -3.35. The van der Waals surface area contributed by atoms with Gasteiger partial charge in [-0.15, -0.1) is 0 Å². The van der Waals surface area contributed by atoms with Crippen LogP contribution < -0.4 is 0 Å². The Kier molecular flexibility index (Phi) is 11.6. The van der Waals surface area contributed by atoms with Crippen molar-refractivity contribution in [1.29, 1.82) is 0 Å². The SMILES string of the molecule is C=C/C=C(C#Cc1ccc(C(F)CC(C)(O)C(/C=C\C(C)F)=C(\F)C=C)nc1)\C(F)=C/CC(F)(F)F. The van der Waals surface area contributed by atoms with E-state index in [1.54, 1.807) is 0 Å². The number of hydrogen-bond acceptors (Lipinski definition) is 2. The molecule has 9 heteroatoms. The van der Waals surface area contributed by atoms with Gasteiger partial charge in [-0.05, 0) is 44.2 Å². The Hall–Kier alpha value is -3.38. The van der Waals surface area contributed by atoms with E-state index in [4.69, 9.17) is 0 Å². The molecule has 194 valence electrons. The lowest BCUT2D eigenvalue weighted by Gasteiger charge is -2.27. The second-order valence-corrected chi connectivity index (χ2v) is 7.86. The lowest BCUT2D eigenvalue weighted by atomic mass is 9.87. The molecular weight excluding hydrogens is 487 g/mol. The Morgan fingerprint density at radius 1 is 1.19 bits per heavy atom. The molecule has 1 rings (SSSR count). The third kappa shape index (κ3) is 10.5. The van der Waals surface area contributed by atoms with Crippen LogP contribution in [0.15, 0.2) is 90.7 Å². The Bertz CT molecular complexity index is 1100. The molecule has 3 unspecified atom stereocenters. The summed E-state index contributed by atoms with van der Waals surface area (Å²) in [7, 11) is 0. The summed E-state index contributed by atoms with van der Waals surface area (Å²) in [6.45, 7) is 9.00. The molecule has 3 atom stereocenters. The molecule has 1 heterocycles. The summed E-state index contributed by atoms with van der Waals surface area (Å²) in [5.41, 5.74) is -2.64. The fourth-order valence-electron chi connectivity index (χ4n) is 2.84. The average Bonchev–Trinajstić information content (AvgIpc) is 2.79. The van der Waals surface area contributed by atoms with Gasteiger partial charge < -0.3 is 5.11 Å². The van der Waals surface area contributed by atoms with Crippen molar-refractivity contribution < 1.29 is 35.8 Å². The molecule has 0 radical (unpaired) electrons. The van der Waals surface area contributed by atoms with Gasteiger partial charge in [0.2, 0.25) is 0 Å². The third-order valence-corrected chi connectivity index (χ3v) is 4.62. The van der Waals surface area contributed by atoms with Crippen LogP contribution in [0.3, 0.4) is 0 Å². The van der Waals surface area contributed by atoms with Crippen LogP contribution in [0, 0.1) is 11.8 Å². The summed E-state index contributed by atoms with van der Waals surface area (Å²) in [4.78, 5) is 3.91. The second-order valence-electron chi connectivity index (χ2n) is 7.86. The standard InChI is InChI=1S/C27H26F7NO/c1-5-7-20(23(30)14-15-27(32,33)34)11-9-19-10-13-25(35-17-19)24(31)16-26(4,36)21(22(29)6-2)12-8-18(3)28/h5-8,10,12-14,17-18,24,36H,1-2,15-16H2,3-4H3/b12-8-,20-7-,22-21-,23-14+. The Morgan fingerprint density at radius 3 is 2.36 bits per heavy atom. The molecule has 1 N–H and O–H groups in total. The van der Waals surface area contributed by atoms with E-state index < -0.39 is 48.6 Å². The number of aromatic nitrogens is 1. The fraction of sp³-hybridized carbons (Fsp3) is 0.296. The van der Waals surface area contributed by atoms with Crippen LogP contribution in [-0.4, -0.2) is 28.0 Å². The van der Waals surface area contributed by atoms with Gasteiger partial charge in [0, 0.05) is 23.8 Å². The molecule has 0 aliphatic rings. The van der Waals surface area contributed by atoms with Gasteiger partial charge in [-0.3, -0.25) is 4.98 Å². The molecule has 2 nitrogen and oxygen atoms in total. The molecule has 0 bridgehead atoms. The number of hydrogen-bond donors (Lipinski definition) is 1. The van der Waals surface area contributed by atoms with Crippen LogP contribution >= 0.6 is 0 Å². The molecule has 0 aromatic carbocycles. The number of allylic oxidation sites excluding steroid dienone is 8. The highest BCUT2D eigenvalue weighted by molar-refractivity contribution is 5.48. The molecule has 1 aromatic heterocycles. The number of aliphatic hydroxyl groups is 1. The van der Waals surface area contributed by atoms with E-state index in [-0.39, 0.29) is 22.4 Å². The van der Waals surface area contributed by atoms with Gasteiger partial charge in [0.15, 0.2) is 0 Å². The number of alkyl halides is 5. The van der Waals surface area contributed by atoms with Crippen molar-refractivity contribution in [2.45, 2.75) is 50.8 Å². The lowest BCUT2D eigenvalue weighted by Crippen LogP contribution is -2.29. The largest absolute Gasteiger partial charge is 0.392 e. The van der Waals surface area contributed by atoms with Crippen molar-refractivity contribution in [2.75, 3.05) is 0 Å². The Labute approximate surface area is 205 Å². The molecule has 0 aliphatic heterocycles. The van der Waals surface area contributed by atoms with Crippen molar-refractivity contribution in [3.8, 4) is 11.8 Å². The minimum Gasteiger partial charge on any atom is -0.385 e. The summed E-state index contributed by atoms with van der Waals surface area (Å²) in [5.74, 6) is 2.77. The molecule has 0 saturated heterocycles. The van der Waals surface area contributed by atoms with E-state index in [9.17, 15) is 35.8 Å². The first-order valence-corrected chi connectivity index (χ1v) is 10.6. The maximum atomic E-state index is 14.9. The first-order chi connectivity index (χ1) is 16.7. The maximum absolute atomic E-state index is 14.9. The molecule has 0 spiro atoms. The van der Waals surface area contributed by atoms with Crippen LogP contribution in [0.1, 0.15) is 44.1 Å². The van der Waals surface area contributed by atoms with Gasteiger partial charge in [-0.1, -0.05) is 43.2 Å². The molecular formula is C27H26F7NO. The average molecular weight is 513 g/mol. The highest BCUT2D eigenvalue weighted by atomic mass is 19.4. The van der Waals surface area contributed by atoms with Crippen LogP contribution in [-0.2, 0) is 0 Å². The summed E-state index contributed by atoms with van der Waals surface area (Å²) in [6, 6.07) is 2.58. The number of rotatable bonds is 10. The zero-order valence-electron chi connectivity index (χ0n) is 19.7. The summed E-state index contributed by atoms with van der Waals surface area (Å²) < 4.78 is 93.2.